The fourth-order valence-corrected chi connectivity index (χ4v) is 1.71. The van der Waals surface area contributed by atoms with Gasteiger partial charge < -0.3 is 4.90 Å². The van der Waals surface area contributed by atoms with Crippen molar-refractivity contribution in [1.82, 2.24) is 15.2 Å². The molecule has 0 aromatic carbocycles. The van der Waals surface area contributed by atoms with E-state index in [2.05, 4.69) is 10.3 Å². The van der Waals surface area contributed by atoms with Gasteiger partial charge in [0.25, 0.3) is 0 Å². The molecule has 1 rings (SSSR count). The number of carbonyl (C=O) groups is 2. The van der Waals surface area contributed by atoms with E-state index in [9.17, 15) is 9.59 Å². The van der Waals surface area contributed by atoms with Gasteiger partial charge >= 0.3 is 6.03 Å². The zero-order valence-electron chi connectivity index (χ0n) is 8.77. The molecule has 0 unspecified atom stereocenters. The molecule has 88 valence electrons. The van der Waals surface area contributed by atoms with Crippen molar-refractivity contribution in [1.29, 1.82) is 0 Å². The van der Waals surface area contributed by atoms with Crippen LogP contribution >= 0.6 is 22.9 Å². The van der Waals surface area contributed by atoms with E-state index in [1.54, 1.807) is 12.6 Å². The van der Waals surface area contributed by atoms with E-state index in [0.717, 1.165) is 5.69 Å². The van der Waals surface area contributed by atoms with E-state index in [-0.39, 0.29) is 18.2 Å². The Morgan fingerprint density at radius 2 is 2.38 bits per heavy atom. The molecule has 1 N–H and O–H groups in total. The Bertz CT molecular complexity index is 356. The molecule has 0 aliphatic heterocycles. The number of aromatic nitrogens is 1. The maximum absolute atomic E-state index is 11.5. The van der Waals surface area contributed by atoms with Gasteiger partial charge in [-0.2, -0.15) is 0 Å². The molecule has 0 saturated carbocycles. The van der Waals surface area contributed by atoms with Gasteiger partial charge in [0.15, 0.2) is 0 Å². The second kappa shape index (κ2) is 6.44. The summed E-state index contributed by atoms with van der Waals surface area (Å²) in [5, 5.41) is 4.08. The van der Waals surface area contributed by atoms with Crippen LogP contribution in [0.25, 0.3) is 0 Å². The van der Waals surface area contributed by atoms with Crippen LogP contribution in [-0.2, 0) is 11.3 Å². The molecule has 3 amide bonds. The lowest BCUT2D eigenvalue weighted by Crippen LogP contribution is -2.40. The molecule has 0 bridgehead atoms. The fraction of sp³-hybridized carbons (Fsp3) is 0.444. The number of carbonyl (C=O) groups excluding carboxylic acids is 2. The first-order valence-electron chi connectivity index (χ1n) is 4.61. The molecule has 7 heteroatoms. The van der Waals surface area contributed by atoms with E-state index in [4.69, 9.17) is 11.6 Å². The van der Waals surface area contributed by atoms with Crippen molar-refractivity contribution < 1.29 is 9.59 Å². The van der Waals surface area contributed by atoms with Crippen LogP contribution < -0.4 is 5.32 Å². The van der Waals surface area contributed by atoms with Crippen molar-refractivity contribution in [3.8, 4) is 0 Å². The van der Waals surface area contributed by atoms with Gasteiger partial charge in [-0.3, -0.25) is 10.1 Å². The summed E-state index contributed by atoms with van der Waals surface area (Å²) in [6.45, 7) is 0.378. The zero-order chi connectivity index (χ0) is 12.0. The largest absolute Gasteiger partial charge is 0.324 e. The third-order valence-electron chi connectivity index (χ3n) is 1.80. The average Bonchev–Trinajstić information content (AvgIpc) is 2.70. The SMILES string of the molecule is CN(Cc1cscn1)C(=O)NC(=O)CCCl. The second-order valence-corrected chi connectivity index (χ2v) is 4.22. The van der Waals surface area contributed by atoms with Crippen LogP contribution in [0.15, 0.2) is 10.9 Å². The number of nitrogens with zero attached hydrogens (tertiary/aromatic N) is 2. The minimum absolute atomic E-state index is 0.137. The van der Waals surface area contributed by atoms with Gasteiger partial charge in [-0.1, -0.05) is 0 Å². The lowest BCUT2D eigenvalue weighted by Gasteiger charge is -2.15. The number of nitrogens with one attached hydrogen (secondary N) is 1. The summed E-state index contributed by atoms with van der Waals surface area (Å²) in [5.74, 6) is -0.167. The monoisotopic (exact) mass is 261 g/mol. The highest BCUT2D eigenvalue weighted by Gasteiger charge is 2.12. The summed E-state index contributed by atoms with van der Waals surface area (Å²) in [4.78, 5) is 28.0. The van der Waals surface area contributed by atoms with Gasteiger partial charge in [0, 0.05) is 24.7 Å². The summed E-state index contributed by atoms with van der Waals surface area (Å²) in [6, 6.07) is -0.442. The molecule has 1 heterocycles. The van der Waals surface area contributed by atoms with Crippen molar-refractivity contribution >= 4 is 34.9 Å². The second-order valence-electron chi connectivity index (χ2n) is 3.13. The lowest BCUT2D eigenvalue weighted by molar-refractivity contribution is -0.119. The summed E-state index contributed by atoms with van der Waals surface area (Å²) in [5.41, 5.74) is 2.49. The molecular formula is C9H12ClN3O2S. The third-order valence-corrected chi connectivity index (χ3v) is 2.62. The normalized spacial score (nSPS) is 9.88. The summed E-state index contributed by atoms with van der Waals surface area (Å²) >= 11 is 6.84. The highest BCUT2D eigenvalue weighted by atomic mass is 35.5. The standard InChI is InChI=1S/C9H12ClN3O2S/c1-13(4-7-5-16-6-11-7)9(15)12-8(14)2-3-10/h5-6H,2-4H2,1H3,(H,12,14,15). The highest BCUT2D eigenvalue weighted by molar-refractivity contribution is 7.07. The first-order chi connectivity index (χ1) is 7.63. The van der Waals surface area contributed by atoms with Crippen molar-refractivity contribution in [3.63, 3.8) is 0 Å². The van der Waals surface area contributed by atoms with Gasteiger partial charge in [0.05, 0.1) is 17.7 Å². The van der Waals surface area contributed by atoms with E-state index in [0.29, 0.717) is 6.54 Å². The molecule has 0 aliphatic carbocycles. The highest BCUT2D eigenvalue weighted by Crippen LogP contribution is 2.03. The predicted molar refractivity (Wildman–Crippen MR) is 62.5 cm³/mol. The van der Waals surface area contributed by atoms with Gasteiger partial charge in [-0.15, -0.1) is 22.9 Å². The van der Waals surface area contributed by atoms with E-state index >= 15 is 0 Å². The van der Waals surface area contributed by atoms with E-state index < -0.39 is 6.03 Å². The van der Waals surface area contributed by atoms with Crippen molar-refractivity contribution in [3.05, 3.63) is 16.6 Å². The maximum atomic E-state index is 11.5. The van der Waals surface area contributed by atoms with Crippen LogP contribution in [0.5, 0.6) is 0 Å². The Kier molecular flexibility index (Phi) is 5.21. The average molecular weight is 262 g/mol. The fourth-order valence-electron chi connectivity index (χ4n) is 0.993. The molecule has 5 nitrogen and oxygen atoms in total. The van der Waals surface area contributed by atoms with Crippen LogP contribution in [0, 0.1) is 0 Å². The predicted octanol–water partition coefficient (Wildman–Crippen LogP) is 1.44. The van der Waals surface area contributed by atoms with Gasteiger partial charge in [-0.25, -0.2) is 9.78 Å². The first-order valence-corrected chi connectivity index (χ1v) is 6.09. The minimum atomic E-state index is -0.442. The summed E-state index contributed by atoms with van der Waals surface area (Å²) < 4.78 is 0. The van der Waals surface area contributed by atoms with E-state index in [1.165, 1.54) is 16.2 Å². The number of urea groups is 1. The van der Waals surface area contributed by atoms with Crippen molar-refractivity contribution in [2.24, 2.45) is 0 Å². The molecule has 0 aliphatic rings. The molecule has 0 atom stereocenters. The number of rotatable bonds is 4. The molecule has 0 fully saturated rings. The molecular weight excluding hydrogens is 250 g/mol. The number of imide groups is 1. The Balaban J connectivity index is 2.39. The Morgan fingerprint density at radius 3 is 2.94 bits per heavy atom. The minimum Gasteiger partial charge on any atom is -0.322 e. The van der Waals surface area contributed by atoms with E-state index in [1.807, 2.05) is 5.38 Å². The molecule has 1 aromatic heterocycles. The van der Waals surface area contributed by atoms with Gasteiger partial charge in [0.2, 0.25) is 5.91 Å². The quantitative estimate of drug-likeness (QED) is 0.835. The van der Waals surface area contributed by atoms with Crippen LogP contribution in [0.2, 0.25) is 0 Å². The Labute approximate surface area is 102 Å². The zero-order valence-corrected chi connectivity index (χ0v) is 10.3. The number of hydrogen-bond donors (Lipinski definition) is 1. The number of thiazole rings is 1. The smallest absolute Gasteiger partial charge is 0.322 e. The van der Waals surface area contributed by atoms with Crippen LogP contribution in [0.1, 0.15) is 12.1 Å². The Morgan fingerprint density at radius 1 is 1.62 bits per heavy atom. The van der Waals surface area contributed by atoms with Crippen LogP contribution in [0.4, 0.5) is 4.79 Å². The summed E-state index contributed by atoms with van der Waals surface area (Å²) in [7, 11) is 1.60. The van der Waals surface area contributed by atoms with Crippen molar-refractivity contribution in [2.45, 2.75) is 13.0 Å². The van der Waals surface area contributed by atoms with Crippen LogP contribution in [0.3, 0.4) is 0 Å². The van der Waals surface area contributed by atoms with Gasteiger partial charge in [0.1, 0.15) is 0 Å². The molecule has 0 saturated heterocycles. The molecule has 1 aromatic rings. The number of halogens is 1. The molecule has 0 radical (unpaired) electrons. The Hall–Kier alpha value is -1.14. The van der Waals surface area contributed by atoms with Gasteiger partial charge in [-0.05, 0) is 0 Å². The lowest BCUT2D eigenvalue weighted by atomic mass is 10.4. The van der Waals surface area contributed by atoms with Crippen LogP contribution in [-0.4, -0.2) is 34.7 Å². The number of amides is 3. The first kappa shape index (κ1) is 12.9. The van der Waals surface area contributed by atoms with Crippen molar-refractivity contribution in [2.75, 3.05) is 12.9 Å². The third kappa shape index (κ3) is 4.16. The summed E-state index contributed by atoms with van der Waals surface area (Å²) in [6.07, 6.45) is 0.137. The molecule has 0 spiro atoms. The number of hydrogen-bond acceptors (Lipinski definition) is 4. The topological polar surface area (TPSA) is 62.3 Å². The number of alkyl halides is 1. The maximum Gasteiger partial charge on any atom is 0.324 e. The molecule has 16 heavy (non-hydrogen) atoms.